The topological polar surface area (TPSA) is 56.0 Å². The predicted octanol–water partition coefficient (Wildman–Crippen LogP) is 2.97. The molecule has 0 saturated carbocycles. The Morgan fingerprint density at radius 2 is 2.27 bits per heavy atom. The summed E-state index contributed by atoms with van der Waals surface area (Å²) in [6.07, 6.45) is -1.78. The van der Waals surface area contributed by atoms with E-state index in [4.69, 9.17) is 11.6 Å². The first-order valence-corrected chi connectivity index (χ1v) is 4.49. The van der Waals surface area contributed by atoms with E-state index in [1.54, 1.807) is 0 Å². The van der Waals surface area contributed by atoms with Crippen LogP contribution in [-0.4, -0.2) is 9.91 Å². The van der Waals surface area contributed by atoms with Gasteiger partial charge in [0.1, 0.15) is 11.8 Å². The van der Waals surface area contributed by atoms with Gasteiger partial charge in [-0.3, -0.25) is 0 Å². The molecule has 0 atom stereocenters. The van der Waals surface area contributed by atoms with Crippen LogP contribution >= 0.6 is 11.6 Å². The SMILES string of the molecule is Cc1c(CCl)cnc([N+](=O)[O-])c1C(F)F. The normalized spacial score (nSPS) is 10.7. The average molecular weight is 237 g/mol. The van der Waals surface area contributed by atoms with Crippen LogP contribution in [0.25, 0.3) is 0 Å². The fourth-order valence-corrected chi connectivity index (χ4v) is 1.46. The van der Waals surface area contributed by atoms with Crippen molar-refractivity contribution in [1.29, 1.82) is 0 Å². The van der Waals surface area contributed by atoms with E-state index >= 15 is 0 Å². The van der Waals surface area contributed by atoms with Gasteiger partial charge in [-0.2, -0.15) is 0 Å². The van der Waals surface area contributed by atoms with Crippen molar-refractivity contribution < 1.29 is 13.7 Å². The molecule has 0 unspecified atom stereocenters. The smallest absolute Gasteiger partial charge is 0.358 e. The quantitative estimate of drug-likeness (QED) is 0.461. The van der Waals surface area contributed by atoms with Gasteiger partial charge in [-0.15, -0.1) is 11.6 Å². The Labute approximate surface area is 89.0 Å². The summed E-state index contributed by atoms with van der Waals surface area (Å²) in [5.74, 6) is -0.812. The van der Waals surface area contributed by atoms with E-state index in [2.05, 4.69) is 4.98 Å². The van der Waals surface area contributed by atoms with Crippen LogP contribution in [0.3, 0.4) is 0 Å². The summed E-state index contributed by atoms with van der Waals surface area (Å²) < 4.78 is 25.2. The minimum atomic E-state index is -2.93. The number of aromatic nitrogens is 1. The van der Waals surface area contributed by atoms with E-state index in [1.165, 1.54) is 6.92 Å². The van der Waals surface area contributed by atoms with Crippen LogP contribution < -0.4 is 0 Å². The van der Waals surface area contributed by atoms with Crippen LogP contribution in [0.15, 0.2) is 6.20 Å². The average Bonchev–Trinajstić information content (AvgIpc) is 2.16. The summed E-state index contributed by atoms with van der Waals surface area (Å²) in [6.45, 7) is 1.37. The Hall–Kier alpha value is -1.30. The second kappa shape index (κ2) is 4.48. The molecule has 0 saturated heterocycles. The molecular weight excluding hydrogens is 230 g/mol. The van der Waals surface area contributed by atoms with Crippen molar-refractivity contribution >= 4 is 17.4 Å². The minimum absolute atomic E-state index is 0.00342. The van der Waals surface area contributed by atoms with E-state index in [0.29, 0.717) is 5.56 Å². The summed E-state index contributed by atoms with van der Waals surface area (Å²) >= 11 is 5.49. The highest BCUT2D eigenvalue weighted by atomic mass is 35.5. The van der Waals surface area contributed by atoms with Gasteiger partial charge in [0.05, 0.1) is 5.88 Å². The Morgan fingerprint density at radius 1 is 1.67 bits per heavy atom. The Bertz CT molecular complexity index is 398. The lowest BCUT2D eigenvalue weighted by molar-refractivity contribution is -0.391. The largest absolute Gasteiger partial charge is 0.372 e. The molecule has 0 radical (unpaired) electrons. The highest BCUT2D eigenvalue weighted by Gasteiger charge is 2.27. The molecular formula is C8H7ClF2N2O2. The Balaban J connectivity index is 3.44. The predicted molar refractivity (Wildman–Crippen MR) is 50.1 cm³/mol. The van der Waals surface area contributed by atoms with Crippen molar-refractivity contribution in [1.82, 2.24) is 4.98 Å². The fourth-order valence-electron chi connectivity index (χ4n) is 1.19. The van der Waals surface area contributed by atoms with E-state index in [0.717, 1.165) is 6.20 Å². The Morgan fingerprint density at radius 3 is 2.67 bits per heavy atom. The van der Waals surface area contributed by atoms with E-state index in [1.807, 2.05) is 0 Å². The number of nitrogens with zero attached hydrogens (tertiary/aromatic N) is 2. The van der Waals surface area contributed by atoms with Gasteiger partial charge in [0.15, 0.2) is 0 Å². The zero-order chi connectivity index (χ0) is 11.6. The second-order valence-electron chi connectivity index (χ2n) is 2.84. The van der Waals surface area contributed by atoms with Crippen LogP contribution in [0.1, 0.15) is 23.1 Å². The third-order valence-corrected chi connectivity index (χ3v) is 2.29. The molecule has 15 heavy (non-hydrogen) atoms. The lowest BCUT2D eigenvalue weighted by Gasteiger charge is -2.07. The number of pyridine rings is 1. The molecule has 0 aromatic carbocycles. The van der Waals surface area contributed by atoms with Gasteiger partial charge in [0, 0.05) is 5.56 Å². The number of hydrogen-bond acceptors (Lipinski definition) is 3. The van der Waals surface area contributed by atoms with Gasteiger partial charge in [0.2, 0.25) is 0 Å². The summed E-state index contributed by atoms with van der Waals surface area (Å²) in [7, 11) is 0. The second-order valence-corrected chi connectivity index (χ2v) is 3.10. The van der Waals surface area contributed by atoms with Gasteiger partial charge < -0.3 is 10.1 Å². The third kappa shape index (κ3) is 2.20. The Kier molecular flexibility index (Phi) is 3.52. The molecule has 0 bridgehead atoms. The highest BCUT2D eigenvalue weighted by Crippen LogP contribution is 2.32. The lowest BCUT2D eigenvalue weighted by atomic mass is 10.1. The lowest BCUT2D eigenvalue weighted by Crippen LogP contribution is -2.04. The molecule has 4 nitrogen and oxygen atoms in total. The summed E-state index contributed by atoms with van der Waals surface area (Å²) in [5, 5.41) is 10.5. The zero-order valence-electron chi connectivity index (χ0n) is 7.71. The highest BCUT2D eigenvalue weighted by molar-refractivity contribution is 6.17. The molecule has 1 rings (SSSR count). The fraction of sp³-hybridized carbons (Fsp3) is 0.375. The van der Waals surface area contributed by atoms with Gasteiger partial charge in [-0.05, 0) is 22.4 Å². The van der Waals surface area contributed by atoms with Crippen LogP contribution in [-0.2, 0) is 5.88 Å². The maximum absolute atomic E-state index is 12.6. The van der Waals surface area contributed by atoms with Crippen molar-refractivity contribution in [3.8, 4) is 0 Å². The van der Waals surface area contributed by atoms with Gasteiger partial charge >= 0.3 is 5.82 Å². The molecule has 0 aliphatic carbocycles. The van der Waals surface area contributed by atoms with Crippen LogP contribution in [0, 0.1) is 17.0 Å². The van der Waals surface area contributed by atoms with Crippen LogP contribution in [0.4, 0.5) is 14.6 Å². The minimum Gasteiger partial charge on any atom is -0.358 e. The molecule has 0 amide bonds. The molecule has 82 valence electrons. The maximum atomic E-state index is 12.6. The van der Waals surface area contributed by atoms with Crippen molar-refractivity contribution in [2.45, 2.75) is 19.2 Å². The molecule has 0 aliphatic heterocycles. The van der Waals surface area contributed by atoms with E-state index < -0.39 is 22.7 Å². The van der Waals surface area contributed by atoms with Crippen molar-refractivity contribution in [3.63, 3.8) is 0 Å². The van der Waals surface area contributed by atoms with E-state index in [9.17, 15) is 18.9 Å². The summed E-state index contributed by atoms with van der Waals surface area (Å²) in [4.78, 5) is 12.9. The number of nitro groups is 1. The number of rotatable bonds is 3. The third-order valence-electron chi connectivity index (χ3n) is 2.00. The maximum Gasteiger partial charge on any atom is 0.372 e. The molecule has 1 aromatic heterocycles. The van der Waals surface area contributed by atoms with Crippen molar-refractivity contribution in [2.24, 2.45) is 0 Å². The van der Waals surface area contributed by atoms with Crippen molar-refractivity contribution in [2.75, 3.05) is 0 Å². The first-order valence-electron chi connectivity index (χ1n) is 3.96. The van der Waals surface area contributed by atoms with Crippen molar-refractivity contribution in [3.05, 3.63) is 33.0 Å². The molecule has 7 heteroatoms. The first kappa shape index (κ1) is 11.8. The summed E-state index contributed by atoms with van der Waals surface area (Å²) in [6, 6.07) is 0. The van der Waals surface area contributed by atoms with Gasteiger partial charge in [-0.1, -0.05) is 0 Å². The van der Waals surface area contributed by atoms with Crippen LogP contribution in [0.5, 0.6) is 0 Å². The number of hydrogen-bond donors (Lipinski definition) is 0. The summed E-state index contributed by atoms with van der Waals surface area (Å²) in [5.41, 5.74) is -0.155. The molecule has 0 spiro atoms. The number of halogens is 3. The molecule has 0 aliphatic rings. The molecule has 0 N–H and O–H groups in total. The molecule has 0 fully saturated rings. The monoisotopic (exact) mass is 236 g/mol. The van der Waals surface area contributed by atoms with Crippen LogP contribution in [0.2, 0.25) is 0 Å². The number of alkyl halides is 3. The zero-order valence-corrected chi connectivity index (χ0v) is 8.46. The molecule has 1 heterocycles. The van der Waals surface area contributed by atoms with Gasteiger partial charge in [0.25, 0.3) is 6.43 Å². The first-order chi connectivity index (χ1) is 6.99. The standard InChI is InChI=1S/C8H7ClF2N2O2/c1-4-5(2-9)3-12-8(13(14)15)6(4)7(10)11/h3,7H,2H2,1H3. The van der Waals surface area contributed by atoms with Gasteiger partial charge in [-0.25, -0.2) is 8.78 Å². The van der Waals surface area contributed by atoms with E-state index in [-0.39, 0.29) is 11.4 Å². The molecule has 1 aromatic rings.